The number of ether oxygens (including phenoxy) is 2. The van der Waals surface area contributed by atoms with Crippen molar-refractivity contribution in [3.63, 3.8) is 0 Å². The molecule has 0 bridgehead atoms. The molecule has 7 heteroatoms. The predicted octanol–water partition coefficient (Wildman–Crippen LogP) is 4.07. The van der Waals surface area contributed by atoms with Crippen LogP contribution in [-0.4, -0.2) is 29.7 Å². The van der Waals surface area contributed by atoms with E-state index in [9.17, 15) is 9.18 Å². The fraction of sp³-hybridized carbons (Fsp3) is 0.421. The molecule has 0 saturated carbocycles. The molecule has 3 atom stereocenters. The molecular formula is C19H22FN3O3. The first-order valence-corrected chi connectivity index (χ1v) is 8.63. The number of nitrogens with one attached hydrogen (secondary N) is 1. The molecule has 26 heavy (non-hydrogen) atoms. The molecule has 0 aromatic heterocycles. The number of hydrogen-bond donors (Lipinski definition) is 1. The molecule has 1 unspecified atom stereocenters. The summed E-state index contributed by atoms with van der Waals surface area (Å²) in [5.74, 6) is -0.633. The summed E-state index contributed by atoms with van der Waals surface area (Å²) in [5, 5.41) is 3.48. The van der Waals surface area contributed by atoms with Gasteiger partial charge in [-0.3, -0.25) is 4.79 Å². The second kappa shape index (κ2) is 7.68. The Kier molecular flexibility index (Phi) is 5.35. The van der Waals surface area contributed by atoms with Crippen molar-refractivity contribution in [1.82, 2.24) is 4.90 Å². The van der Waals surface area contributed by atoms with E-state index in [4.69, 9.17) is 15.0 Å². The number of rotatable bonds is 5. The van der Waals surface area contributed by atoms with Gasteiger partial charge >= 0.3 is 5.97 Å². The van der Waals surface area contributed by atoms with Crippen LogP contribution in [0.15, 0.2) is 53.0 Å². The molecule has 2 heterocycles. The van der Waals surface area contributed by atoms with Gasteiger partial charge in [-0.05, 0) is 35.8 Å². The number of likely N-dealkylation sites (tertiary alicyclic amines) is 1. The number of halogens is 1. The van der Waals surface area contributed by atoms with Crippen molar-refractivity contribution in [3.8, 4) is 0 Å². The van der Waals surface area contributed by atoms with Crippen molar-refractivity contribution in [2.75, 3.05) is 6.54 Å². The summed E-state index contributed by atoms with van der Waals surface area (Å²) in [5.41, 5.74) is 9.75. The van der Waals surface area contributed by atoms with Gasteiger partial charge in [-0.15, -0.1) is 5.11 Å². The van der Waals surface area contributed by atoms with Crippen LogP contribution in [0.25, 0.3) is 0 Å². The minimum atomic E-state index is -0.594. The molecule has 2 aliphatic rings. The second-order valence-electron chi connectivity index (χ2n) is 6.42. The number of nitrogens with zero attached hydrogens (tertiary/aromatic N) is 2. The zero-order chi connectivity index (χ0) is 18.7. The first kappa shape index (κ1) is 18.1. The number of carbonyl (C=O) groups is 1. The predicted molar refractivity (Wildman–Crippen MR) is 92.5 cm³/mol. The molecule has 0 spiro atoms. The van der Waals surface area contributed by atoms with E-state index in [0.29, 0.717) is 19.4 Å². The van der Waals surface area contributed by atoms with E-state index in [0.717, 1.165) is 16.8 Å². The third-order valence-corrected chi connectivity index (χ3v) is 4.65. The summed E-state index contributed by atoms with van der Waals surface area (Å²) >= 11 is 0. The topological polar surface area (TPSA) is 75.0 Å². The smallest absolute Gasteiger partial charge is 0.302 e. The summed E-state index contributed by atoms with van der Waals surface area (Å²) in [6, 6.07) is 6.32. The summed E-state index contributed by atoms with van der Waals surface area (Å²) < 4.78 is 24.7. The highest BCUT2D eigenvalue weighted by Gasteiger charge is 2.37. The van der Waals surface area contributed by atoms with Gasteiger partial charge in [0.25, 0.3) is 0 Å². The van der Waals surface area contributed by atoms with Crippen molar-refractivity contribution < 1.29 is 18.7 Å². The van der Waals surface area contributed by atoms with Gasteiger partial charge in [-0.2, -0.15) is 0 Å². The summed E-state index contributed by atoms with van der Waals surface area (Å²) in [6.07, 6.45) is 3.93. The van der Waals surface area contributed by atoms with Crippen molar-refractivity contribution in [2.24, 2.45) is 5.11 Å². The van der Waals surface area contributed by atoms with E-state index < -0.39 is 6.23 Å². The molecule has 0 amide bonds. The first-order valence-electron chi connectivity index (χ1n) is 8.63. The van der Waals surface area contributed by atoms with Crippen molar-refractivity contribution in [2.45, 2.75) is 45.1 Å². The van der Waals surface area contributed by atoms with Gasteiger partial charge < -0.3 is 14.4 Å². The molecule has 0 aliphatic carbocycles. The number of esters is 1. The van der Waals surface area contributed by atoms with Gasteiger partial charge in [0.15, 0.2) is 0 Å². The molecule has 0 radical (unpaired) electrons. The van der Waals surface area contributed by atoms with Crippen LogP contribution in [0.4, 0.5) is 4.39 Å². The van der Waals surface area contributed by atoms with Gasteiger partial charge in [0.1, 0.15) is 18.2 Å². The Balaban J connectivity index is 1.91. The molecule has 3 rings (SSSR count). The normalized spacial score (nSPS) is 25.2. The molecule has 138 valence electrons. The van der Waals surface area contributed by atoms with E-state index in [1.165, 1.54) is 19.1 Å². The quantitative estimate of drug-likeness (QED) is 0.635. The maximum absolute atomic E-state index is 13.7. The molecule has 6 nitrogen and oxygen atoms in total. The lowest BCUT2D eigenvalue weighted by atomic mass is 10.0. The summed E-state index contributed by atoms with van der Waals surface area (Å²) in [6.45, 7) is 3.86. The second-order valence-corrected chi connectivity index (χ2v) is 6.42. The van der Waals surface area contributed by atoms with E-state index in [-0.39, 0.29) is 23.9 Å². The standard InChI is InChI=1S/C19H22FN3O3/c1-3-13-8-16(11-25-19(13)22-21)23-10-17(26-12(2)24)9-18(23)14-5-4-6-15(20)7-14/h4-8,11,17-19,21H,3,9-10H2,1-2H3/t17-,18+,19?/m0/s1. The first-order chi connectivity index (χ1) is 12.5. The number of hydrogen-bond acceptors (Lipinski definition) is 6. The van der Waals surface area contributed by atoms with E-state index in [1.807, 2.05) is 19.1 Å². The highest BCUT2D eigenvalue weighted by Crippen LogP contribution is 2.38. The largest absolute Gasteiger partial charge is 0.469 e. The van der Waals surface area contributed by atoms with Crippen molar-refractivity contribution >= 4 is 5.97 Å². The minimum Gasteiger partial charge on any atom is -0.469 e. The number of carbonyl (C=O) groups excluding carboxylic acids is 1. The fourth-order valence-corrected chi connectivity index (χ4v) is 3.49. The average molecular weight is 359 g/mol. The van der Waals surface area contributed by atoms with Gasteiger partial charge in [0, 0.05) is 13.3 Å². The molecular weight excluding hydrogens is 337 g/mol. The van der Waals surface area contributed by atoms with Crippen LogP contribution >= 0.6 is 0 Å². The van der Waals surface area contributed by atoms with Crippen LogP contribution in [0.1, 0.15) is 38.3 Å². The zero-order valence-electron chi connectivity index (χ0n) is 14.8. The Morgan fingerprint density at radius 2 is 2.31 bits per heavy atom. The molecule has 1 aromatic rings. The highest BCUT2D eigenvalue weighted by molar-refractivity contribution is 5.66. The Bertz CT molecular complexity index is 762. The van der Waals surface area contributed by atoms with Crippen LogP contribution in [0.5, 0.6) is 0 Å². The van der Waals surface area contributed by atoms with Crippen molar-refractivity contribution in [3.05, 3.63) is 59.3 Å². The number of allylic oxidation sites excluding steroid dienone is 1. The Morgan fingerprint density at radius 1 is 1.50 bits per heavy atom. The van der Waals surface area contributed by atoms with E-state index in [1.54, 1.807) is 12.3 Å². The van der Waals surface area contributed by atoms with Crippen LogP contribution in [0.2, 0.25) is 0 Å². The molecule has 1 fully saturated rings. The van der Waals surface area contributed by atoms with Gasteiger partial charge in [-0.1, -0.05) is 19.1 Å². The lowest BCUT2D eigenvalue weighted by molar-refractivity contribution is -0.145. The average Bonchev–Trinajstić information content (AvgIpc) is 3.04. The lowest BCUT2D eigenvalue weighted by Crippen LogP contribution is -2.27. The maximum atomic E-state index is 13.7. The summed E-state index contributed by atoms with van der Waals surface area (Å²) in [4.78, 5) is 13.4. The SMILES string of the molecule is CCC1=CC(N2C[C@@H](OC(C)=O)C[C@@H]2c2cccc(F)c2)=COC1N=N. The third kappa shape index (κ3) is 3.76. The maximum Gasteiger partial charge on any atom is 0.302 e. The fourth-order valence-electron chi connectivity index (χ4n) is 3.49. The van der Waals surface area contributed by atoms with Crippen LogP contribution in [-0.2, 0) is 14.3 Å². The van der Waals surface area contributed by atoms with E-state index >= 15 is 0 Å². The van der Waals surface area contributed by atoms with Crippen LogP contribution < -0.4 is 0 Å². The molecule has 1 N–H and O–H groups in total. The zero-order valence-corrected chi connectivity index (χ0v) is 14.8. The minimum absolute atomic E-state index is 0.135. The Morgan fingerprint density at radius 3 is 2.96 bits per heavy atom. The Labute approximate surface area is 151 Å². The van der Waals surface area contributed by atoms with Gasteiger partial charge in [-0.25, -0.2) is 9.92 Å². The molecule has 1 saturated heterocycles. The van der Waals surface area contributed by atoms with Gasteiger partial charge in [0.2, 0.25) is 6.23 Å². The third-order valence-electron chi connectivity index (χ3n) is 4.65. The summed E-state index contributed by atoms with van der Waals surface area (Å²) in [7, 11) is 0. The van der Waals surface area contributed by atoms with Gasteiger partial charge in [0.05, 0.1) is 18.3 Å². The number of benzene rings is 1. The highest BCUT2D eigenvalue weighted by atomic mass is 19.1. The monoisotopic (exact) mass is 359 g/mol. The lowest BCUT2D eigenvalue weighted by Gasteiger charge is -2.30. The molecule has 2 aliphatic heterocycles. The Hall–Kier alpha value is -2.70. The molecule has 1 aromatic carbocycles. The van der Waals surface area contributed by atoms with Crippen LogP contribution in [0.3, 0.4) is 0 Å². The van der Waals surface area contributed by atoms with Crippen molar-refractivity contribution in [1.29, 1.82) is 5.53 Å². The van der Waals surface area contributed by atoms with Crippen LogP contribution in [0, 0.1) is 11.3 Å². The van der Waals surface area contributed by atoms with E-state index in [2.05, 4.69) is 10.0 Å².